The summed E-state index contributed by atoms with van der Waals surface area (Å²) in [5.41, 5.74) is 4.02. The Balaban J connectivity index is 1.63. The molecule has 0 unspecified atom stereocenters. The number of para-hydroxylation sites is 1. The van der Waals surface area contributed by atoms with Gasteiger partial charge in [-0.25, -0.2) is 9.97 Å². The summed E-state index contributed by atoms with van der Waals surface area (Å²) in [6, 6.07) is 20.0. The second-order valence-electron chi connectivity index (χ2n) is 6.98. The Morgan fingerprint density at radius 2 is 1.75 bits per heavy atom. The van der Waals surface area contributed by atoms with Crippen molar-refractivity contribution in [3.05, 3.63) is 83.3 Å². The number of carbonyl (C=O) groups excluding carboxylic acids is 1. The highest BCUT2D eigenvalue weighted by Crippen LogP contribution is 2.24. The number of fused-ring (bicyclic) bond motifs is 1. The number of amides is 1. The molecule has 4 rings (SSSR count). The fourth-order valence-electron chi connectivity index (χ4n) is 3.70. The lowest BCUT2D eigenvalue weighted by atomic mass is 10.00. The second kappa shape index (κ2) is 7.80. The highest BCUT2D eigenvalue weighted by Gasteiger charge is 2.22. The maximum atomic E-state index is 13.2. The van der Waals surface area contributed by atoms with E-state index < -0.39 is 0 Å². The number of nitrogens with zero attached hydrogens (tertiary/aromatic N) is 4. The summed E-state index contributed by atoms with van der Waals surface area (Å²) in [6.07, 6.45) is 0.980. The van der Waals surface area contributed by atoms with Crippen LogP contribution in [-0.4, -0.2) is 29.0 Å². The van der Waals surface area contributed by atoms with Crippen LogP contribution in [0.15, 0.2) is 60.7 Å². The monoisotopic (exact) mass is 372 g/mol. The number of carbonyl (C=O) groups is 1. The Morgan fingerprint density at radius 1 is 1.04 bits per heavy atom. The molecular formula is C23H24N4O. The smallest absolute Gasteiger partial charge is 0.277 e. The van der Waals surface area contributed by atoms with E-state index in [0.29, 0.717) is 18.1 Å². The number of hydrogen-bond donors (Lipinski definition) is 0. The first-order valence-electron chi connectivity index (χ1n) is 9.70. The Kier molecular flexibility index (Phi) is 5.06. The molecule has 0 aliphatic carbocycles. The molecular weight excluding hydrogens is 348 g/mol. The van der Waals surface area contributed by atoms with Gasteiger partial charge in [0.05, 0.1) is 0 Å². The number of rotatable bonds is 4. The lowest BCUT2D eigenvalue weighted by Crippen LogP contribution is -2.33. The third-order valence-electron chi connectivity index (χ3n) is 5.13. The summed E-state index contributed by atoms with van der Waals surface area (Å²) in [5.74, 6) is 1.33. The minimum atomic E-state index is -0.0992. The number of anilines is 2. The summed E-state index contributed by atoms with van der Waals surface area (Å²) in [6.45, 7) is 6.09. The Hall–Kier alpha value is -3.21. The van der Waals surface area contributed by atoms with Crippen molar-refractivity contribution in [3.63, 3.8) is 0 Å². The topological polar surface area (TPSA) is 49.3 Å². The molecule has 0 saturated carbocycles. The van der Waals surface area contributed by atoms with Gasteiger partial charge in [0.1, 0.15) is 17.3 Å². The van der Waals surface area contributed by atoms with Crippen molar-refractivity contribution < 1.29 is 4.79 Å². The quantitative estimate of drug-likeness (QED) is 0.694. The zero-order valence-electron chi connectivity index (χ0n) is 16.3. The molecule has 0 spiro atoms. The van der Waals surface area contributed by atoms with Crippen LogP contribution < -0.4 is 9.80 Å². The van der Waals surface area contributed by atoms with Crippen molar-refractivity contribution in [2.75, 3.05) is 22.9 Å². The van der Waals surface area contributed by atoms with E-state index in [0.717, 1.165) is 31.0 Å². The maximum absolute atomic E-state index is 13.2. The number of benzene rings is 2. The molecule has 1 aliphatic rings. The third-order valence-corrected chi connectivity index (χ3v) is 5.13. The summed E-state index contributed by atoms with van der Waals surface area (Å²) in [7, 11) is 0. The number of aryl methyl sites for hydroxylation is 1. The van der Waals surface area contributed by atoms with Gasteiger partial charge in [-0.15, -0.1) is 0 Å². The van der Waals surface area contributed by atoms with Crippen molar-refractivity contribution in [3.8, 4) is 0 Å². The van der Waals surface area contributed by atoms with E-state index >= 15 is 0 Å². The minimum Gasteiger partial charge on any atom is -0.352 e. The van der Waals surface area contributed by atoms with Gasteiger partial charge in [0.2, 0.25) is 0 Å². The van der Waals surface area contributed by atoms with E-state index in [9.17, 15) is 4.79 Å². The highest BCUT2D eigenvalue weighted by molar-refractivity contribution is 6.05. The predicted octanol–water partition coefficient (Wildman–Crippen LogP) is 4.01. The summed E-state index contributed by atoms with van der Waals surface area (Å²) >= 11 is 0. The van der Waals surface area contributed by atoms with Crippen LogP contribution in [-0.2, 0) is 13.0 Å². The first-order chi connectivity index (χ1) is 13.7. The van der Waals surface area contributed by atoms with Gasteiger partial charge in [-0.1, -0.05) is 42.5 Å². The molecule has 28 heavy (non-hydrogen) atoms. The van der Waals surface area contributed by atoms with Crippen molar-refractivity contribution in [2.45, 2.75) is 26.8 Å². The molecule has 0 N–H and O–H groups in total. The Morgan fingerprint density at radius 3 is 2.50 bits per heavy atom. The van der Waals surface area contributed by atoms with E-state index in [2.05, 4.69) is 39.1 Å². The molecule has 0 saturated heterocycles. The molecule has 5 nitrogen and oxygen atoms in total. The maximum Gasteiger partial charge on any atom is 0.277 e. The van der Waals surface area contributed by atoms with E-state index in [-0.39, 0.29) is 5.91 Å². The lowest BCUT2D eigenvalue weighted by molar-refractivity contribution is 0.0983. The zero-order valence-corrected chi connectivity index (χ0v) is 16.3. The van der Waals surface area contributed by atoms with Crippen LogP contribution in [0, 0.1) is 6.92 Å². The van der Waals surface area contributed by atoms with Gasteiger partial charge in [0.15, 0.2) is 0 Å². The SMILES string of the molecule is CCN(C(=O)c1cc(N2CCc3ccccc3C2)nc(C)n1)c1ccccc1. The van der Waals surface area contributed by atoms with Crippen LogP contribution in [0.4, 0.5) is 11.5 Å². The first-order valence-corrected chi connectivity index (χ1v) is 9.70. The Labute approximate surface area is 165 Å². The summed E-state index contributed by atoms with van der Waals surface area (Å²) in [5, 5.41) is 0. The van der Waals surface area contributed by atoms with Crippen LogP contribution in [0.25, 0.3) is 0 Å². The normalized spacial score (nSPS) is 13.1. The standard InChI is InChI=1S/C23H24N4O/c1-3-27(20-11-5-4-6-12-20)23(28)21-15-22(25-17(2)24-21)26-14-13-18-9-7-8-10-19(18)16-26/h4-12,15H,3,13-14,16H2,1-2H3. The summed E-state index contributed by atoms with van der Waals surface area (Å²) in [4.78, 5) is 26.2. The van der Waals surface area contributed by atoms with Crippen molar-refractivity contribution in [1.29, 1.82) is 0 Å². The van der Waals surface area contributed by atoms with Crippen molar-refractivity contribution >= 4 is 17.4 Å². The van der Waals surface area contributed by atoms with Gasteiger partial charge < -0.3 is 9.80 Å². The Bertz CT molecular complexity index is 987. The zero-order chi connectivity index (χ0) is 19.5. The van der Waals surface area contributed by atoms with Gasteiger partial charge in [-0.05, 0) is 43.5 Å². The molecule has 1 aliphatic heterocycles. The van der Waals surface area contributed by atoms with E-state index in [1.807, 2.05) is 50.2 Å². The minimum absolute atomic E-state index is 0.0992. The van der Waals surface area contributed by atoms with Gasteiger partial charge in [-0.3, -0.25) is 4.79 Å². The average Bonchev–Trinajstić information content (AvgIpc) is 2.74. The third kappa shape index (κ3) is 3.60. The summed E-state index contributed by atoms with van der Waals surface area (Å²) < 4.78 is 0. The largest absolute Gasteiger partial charge is 0.352 e. The molecule has 1 aromatic heterocycles. The van der Waals surface area contributed by atoms with Gasteiger partial charge in [-0.2, -0.15) is 0 Å². The van der Waals surface area contributed by atoms with Gasteiger partial charge in [0.25, 0.3) is 5.91 Å². The molecule has 142 valence electrons. The van der Waals surface area contributed by atoms with Crippen LogP contribution >= 0.6 is 0 Å². The van der Waals surface area contributed by atoms with Crippen molar-refractivity contribution in [2.24, 2.45) is 0 Å². The predicted molar refractivity (Wildman–Crippen MR) is 112 cm³/mol. The second-order valence-corrected chi connectivity index (χ2v) is 6.98. The number of hydrogen-bond acceptors (Lipinski definition) is 4. The average molecular weight is 372 g/mol. The van der Waals surface area contributed by atoms with Crippen LogP contribution in [0.2, 0.25) is 0 Å². The number of aromatic nitrogens is 2. The molecule has 0 radical (unpaired) electrons. The molecule has 3 aromatic rings. The van der Waals surface area contributed by atoms with E-state index in [1.165, 1.54) is 11.1 Å². The molecule has 2 aromatic carbocycles. The van der Waals surface area contributed by atoms with Crippen LogP contribution in [0.3, 0.4) is 0 Å². The first kappa shape index (κ1) is 18.2. The molecule has 2 heterocycles. The van der Waals surface area contributed by atoms with Crippen molar-refractivity contribution in [1.82, 2.24) is 9.97 Å². The molecule has 0 fully saturated rings. The van der Waals surface area contributed by atoms with Crippen LogP contribution in [0.1, 0.15) is 34.4 Å². The fourth-order valence-corrected chi connectivity index (χ4v) is 3.70. The van der Waals surface area contributed by atoms with E-state index in [4.69, 9.17) is 0 Å². The highest BCUT2D eigenvalue weighted by atomic mass is 16.2. The van der Waals surface area contributed by atoms with Crippen LogP contribution in [0.5, 0.6) is 0 Å². The van der Waals surface area contributed by atoms with E-state index in [1.54, 1.807) is 4.90 Å². The molecule has 1 amide bonds. The van der Waals surface area contributed by atoms with Gasteiger partial charge >= 0.3 is 0 Å². The molecule has 0 bridgehead atoms. The van der Waals surface area contributed by atoms with Gasteiger partial charge in [0, 0.05) is 31.4 Å². The molecule has 5 heteroatoms. The molecule has 0 atom stereocenters. The lowest BCUT2D eigenvalue weighted by Gasteiger charge is -2.30. The fraction of sp³-hybridized carbons (Fsp3) is 0.261.